The van der Waals surface area contributed by atoms with Gasteiger partial charge in [0.2, 0.25) is 11.7 Å². The maximum Gasteiger partial charge on any atom is 0.271 e. The molecule has 0 saturated heterocycles. The third-order valence-electron chi connectivity index (χ3n) is 5.48. The Morgan fingerprint density at radius 3 is 2.44 bits per heavy atom. The number of thiophene rings is 1. The lowest BCUT2D eigenvalue weighted by Gasteiger charge is -2.15. The minimum absolute atomic E-state index is 0.0273. The number of nitrogens with zero attached hydrogens (tertiary/aromatic N) is 2. The molecule has 32 heavy (non-hydrogen) atoms. The van der Waals surface area contributed by atoms with E-state index in [2.05, 4.69) is 0 Å². The number of hydrogen-bond acceptors (Lipinski definition) is 5. The molecule has 0 saturated carbocycles. The van der Waals surface area contributed by atoms with Crippen molar-refractivity contribution in [2.45, 2.75) is 27.3 Å². The number of rotatable bonds is 4. The van der Waals surface area contributed by atoms with Crippen molar-refractivity contribution in [3.63, 3.8) is 0 Å². The molecule has 4 aromatic rings. The van der Waals surface area contributed by atoms with Crippen molar-refractivity contribution in [3.05, 3.63) is 96.1 Å². The highest BCUT2D eigenvalue weighted by atomic mass is 35.5. The average Bonchev–Trinajstić information content (AvgIpc) is 3.08. The van der Waals surface area contributed by atoms with Crippen LogP contribution >= 0.6 is 22.9 Å². The summed E-state index contributed by atoms with van der Waals surface area (Å²) in [7, 11) is 0. The molecule has 0 aliphatic carbocycles. The van der Waals surface area contributed by atoms with Crippen LogP contribution in [0.5, 0.6) is 5.88 Å². The van der Waals surface area contributed by atoms with Gasteiger partial charge in [-0.05, 0) is 43.5 Å². The van der Waals surface area contributed by atoms with Gasteiger partial charge in [-0.2, -0.15) is 5.26 Å². The summed E-state index contributed by atoms with van der Waals surface area (Å²) >= 11 is 7.75. The van der Waals surface area contributed by atoms with Gasteiger partial charge in [0, 0.05) is 10.1 Å². The fourth-order valence-corrected chi connectivity index (χ4v) is 5.24. The Bertz CT molecular complexity index is 1490. The molecule has 2 aromatic heterocycles. The van der Waals surface area contributed by atoms with E-state index in [1.165, 1.54) is 18.3 Å². The normalized spacial score (nSPS) is 11.0. The molecule has 5 nitrogen and oxygen atoms in total. The van der Waals surface area contributed by atoms with Crippen molar-refractivity contribution < 1.29 is 9.90 Å². The number of pyridine rings is 1. The van der Waals surface area contributed by atoms with E-state index in [-0.39, 0.29) is 28.1 Å². The van der Waals surface area contributed by atoms with Gasteiger partial charge in [-0.15, -0.1) is 11.3 Å². The number of ketones is 1. The molecule has 7 heteroatoms. The Balaban J connectivity index is 1.91. The second-order valence-corrected chi connectivity index (χ2v) is 9.19. The monoisotopic (exact) mass is 462 g/mol. The smallest absolute Gasteiger partial charge is 0.271 e. The molecular formula is C25H19ClN2O3S. The van der Waals surface area contributed by atoms with Gasteiger partial charge in [-0.25, -0.2) is 0 Å². The van der Waals surface area contributed by atoms with Crippen molar-refractivity contribution in [2.24, 2.45) is 0 Å². The Morgan fingerprint density at radius 1 is 1.12 bits per heavy atom. The van der Waals surface area contributed by atoms with Crippen LogP contribution in [0.15, 0.2) is 47.3 Å². The van der Waals surface area contributed by atoms with Gasteiger partial charge in [0.15, 0.2) is 0 Å². The zero-order valence-electron chi connectivity index (χ0n) is 17.7. The van der Waals surface area contributed by atoms with E-state index in [1.807, 2.05) is 62.4 Å². The molecule has 0 unspecified atom stereocenters. The number of carbonyl (C=O) groups excluding carboxylic acids is 1. The summed E-state index contributed by atoms with van der Waals surface area (Å²) in [6.45, 7) is 5.42. The van der Waals surface area contributed by atoms with Crippen molar-refractivity contribution >= 4 is 38.8 Å². The van der Waals surface area contributed by atoms with Crippen LogP contribution in [0.2, 0.25) is 5.02 Å². The van der Waals surface area contributed by atoms with Crippen LogP contribution in [0.4, 0.5) is 0 Å². The van der Waals surface area contributed by atoms with Crippen molar-refractivity contribution in [1.29, 1.82) is 5.26 Å². The van der Waals surface area contributed by atoms with Gasteiger partial charge in [0.05, 0.1) is 22.0 Å². The predicted molar refractivity (Wildman–Crippen MR) is 127 cm³/mol. The first-order valence-electron chi connectivity index (χ1n) is 9.88. The SMILES string of the molecule is Cc1ccc(Cn2c(O)c(C(=O)c3sc4cc(C)ccc4c3Cl)c(C)c(C#N)c2=O)cc1. The van der Waals surface area contributed by atoms with Crippen LogP contribution in [0, 0.1) is 32.1 Å². The summed E-state index contributed by atoms with van der Waals surface area (Å²) in [6, 6.07) is 15.0. The van der Waals surface area contributed by atoms with Crippen LogP contribution < -0.4 is 5.56 Å². The zero-order chi connectivity index (χ0) is 23.2. The number of carbonyl (C=O) groups is 1. The van der Waals surface area contributed by atoms with E-state index in [9.17, 15) is 20.0 Å². The summed E-state index contributed by atoms with van der Waals surface area (Å²) in [6.07, 6.45) is 0. The Labute approximate surface area is 193 Å². The standard InChI is InChI=1S/C25H19ClN2O3S/c1-13-4-7-16(8-5-13)12-28-24(30)18(11-27)15(3)20(25(28)31)22(29)23-21(26)17-9-6-14(2)10-19(17)32-23/h4-10,31H,12H2,1-3H3. The van der Waals surface area contributed by atoms with Gasteiger partial charge >= 0.3 is 0 Å². The van der Waals surface area contributed by atoms with E-state index >= 15 is 0 Å². The van der Waals surface area contributed by atoms with Gasteiger partial charge in [-0.3, -0.25) is 14.2 Å². The zero-order valence-corrected chi connectivity index (χ0v) is 19.3. The minimum atomic E-state index is -0.641. The second-order valence-electron chi connectivity index (χ2n) is 7.76. The van der Waals surface area contributed by atoms with Gasteiger partial charge < -0.3 is 5.11 Å². The molecule has 0 radical (unpaired) electrons. The van der Waals surface area contributed by atoms with E-state index in [0.29, 0.717) is 5.02 Å². The average molecular weight is 463 g/mol. The first-order valence-corrected chi connectivity index (χ1v) is 11.1. The quantitative estimate of drug-likeness (QED) is 0.406. The lowest BCUT2D eigenvalue weighted by Crippen LogP contribution is -2.27. The number of halogens is 1. The van der Waals surface area contributed by atoms with E-state index < -0.39 is 17.2 Å². The van der Waals surface area contributed by atoms with Crippen LogP contribution in [-0.4, -0.2) is 15.5 Å². The highest BCUT2D eigenvalue weighted by Gasteiger charge is 2.28. The molecule has 1 N–H and O–H groups in total. The molecule has 0 amide bonds. The number of benzene rings is 2. The van der Waals surface area contributed by atoms with E-state index in [4.69, 9.17) is 11.6 Å². The molecular weight excluding hydrogens is 444 g/mol. The molecule has 0 bridgehead atoms. The van der Waals surface area contributed by atoms with E-state index in [1.54, 1.807) is 0 Å². The fraction of sp³-hybridized carbons (Fsp3) is 0.160. The molecule has 160 valence electrons. The second kappa shape index (κ2) is 8.27. The van der Waals surface area contributed by atoms with Crippen molar-refractivity contribution in [2.75, 3.05) is 0 Å². The predicted octanol–water partition coefficient (Wildman–Crippen LogP) is 5.50. The summed E-state index contributed by atoms with van der Waals surface area (Å²) in [4.78, 5) is 26.7. The number of aryl methyl sites for hydroxylation is 2. The number of fused-ring (bicyclic) bond motifs is 1. The van der Waals surface area contributed by atoms with Gasteiger partial charge in [0.1, 0.15) is 11.6 Å². The lowest BCUT2D eigenvalue weighted by molar-refractivity contribution is 0.103. The fourth-order valence-electron chi connectivity index (χ4n) is 3.68. The first kappa shape index (κ1) is 21.8. The highest BCUT2D eigenvalue weighted by molar-refractivity contribution is 7.21. The van der Waals surface area contributed by atoms with Gasteiger partial charge in [-0.1, -0.05) is 53.6 Å². The number of nitriles is 1. The van der Waals surface area contributed by atoms with Crippen molar-refractivity contribution in [1.82, 2.24) is 4.57 Å². The first-order chi connectivity index (χ1) is 15.2. The topological polar surface area (TPSA) is 83.1 Å². The van der Waals surface area contributed by atoms with E-state index in [0.717, 1.165) is 31.3 Å². The third-order valence-corrected chi connectivity index (χ3v) is 7.14. The third kappa shape index (κ3) is 3.60. The molecule has 0 fully saturated rings. The molecule has 2 heterocycles. The molecule has 0 spiro atoms. The van der Waals surface area contributed by atoms with Crippen LogP contribution in [-0.2, 0) is 6.54 Å². The number of aromatic hydroxyl groups is 1. The van der Waals surface area contributed by atoms with Crippen LogP contribution in [0.25, 0.3) is 10.1 Å². The number of hydrogen-bond donors (Lipinski definition) is 1. The molecule has 4 rings (SSSR count). The summed E-state index contributed by atoms with van der Waals surface area (Å²) in [5.74, 6) is -0.986. The van der Waals surface area contributed by atoms with Crippen molar-refractivity contribution in [3.8, 4) is 11.9 Å². The number of aromatic nitrogens is 1. The summed E-state index contributed by atoms with van der Waals surface area (Å²) < 4.78 is 1.92. The maximum atomic E-state index is 13.5. The molecule has 0 aliphatic heterocycles. The molecule has 2 aromatic carbocycles. The molecule has 0 atom stereocenters. The highest BCUT2D eigenvalue weighted by Crippen LogP contribution is 2.38. The van der Waals surface area contributed by atoms with Crippen LogP contribution in [0.3, 0.4) is 0 Å². The Morgan fingerprint density at radius 2 is 1.78 bits per heavy atom. The minimum Gasteiger partial charge on any atom is -0.494 e. The van der Waals surface area contributed by atoms with Crippen LogP contribution in [0.1, 0.15) is 43.1 Å². The lowest BCUT2D eigenvalue weighted by atomic mass is 10.00. The van der Waals surface area contributed by atoms with Gasteiger partial charge in [0.25, 0.3) is 5.56 Å². The largest absolute Gasteiger partial charge is 0.494 e. The molecule has 0 aliphatic rings. The Kier molecular flexibility index (Phi) is 5.64. The Hall–Kier alpha value is -3.40. The summed E-state index contributed by atoms with van der Waals surface area (Å²) in [5, 5.41) is 21.7. The maximum absolute atomic E-state index is 13.5. The summed E-state index contributed by atoms with van der Waals surface area (Å²) in [5.41, 5.74) is 2.09.